The fourth-order valence-corrected chi connectivity index (χ4v) is 2.08. The lowest BCUT2D eigenvalue weighted by atomic mass is 10.2. The number of nitrogens with two attached hydrogens (primary N) is 1. The first-order chi connectivity index (χ1) is 8.56. The van der Waals surface area contributed by atoms with Crippen LogP contribution in [0.4, 0.5) is 17.2 Å². The van der Waals surface area contributed by atoms with E-state index in [1.807, 2.05) is 50.2 Å². The van der Waals surface area contributed by atoms with Crippen molar-refractivity contribution in [1.82, 2.24) is 9.78 Å². The van der Waals surface area contributed by atoms with Gasteiger partial charge in [-0.1, -0.05) is 12.1 Å². The van der Waals surface area contributed by atoms with Crippen molar-refractivity contribution in [1.29, 1.82) is 0 Å². The average molecular weight is 246 g/mol. The number of hydrogen-bond acceptors (Lipinski definition) is 4. The van der Waals surface area contributed by atoms with Gasteiger partial charge in [-0.3, -0.25) is 4.68 Å². The first-order valence-electron chi connectivity index (χ1n) is 5.72. The monoisotopic (exact) mass is 246 g/mol. The number of hydrogen-bond donors (Lipinski definition) is 1. The molecule has 0 fully saturated rings. The normalized spacial score (nSPS) is 10.4. The van der Waals surface area contributed by atoms with Crippen LogP contribution < -0.4 is 15.4 Å². The van der Waals surface area contributed by atoms with Gasteiger partial charge < -0.3 is 15.4 Å². The van der Waals surface area contributed by atoms with Gasteiger partial charge >= 0.3 is 0 Å². The first-order valence-corrected chi connectivity index (χ1v) is 5.72. The summed E-state index contributed by atoms with van der Waals surface area (Å²) in [5.41, 5.74) is 8.53. The Morgan fingerprint density at radius 3 is 2.56 bits per heavy atom. The highest BCUT2D eigenvalue weighted by molar-refractivity contribution is 5.75. The standard InChI is InChI=1S/C13H18N4O/c1-9-12(14)13(17(3)15-9)16(2)10-7-5-6-8-11(10)18-4/h5-8H,14H2,1-4H3. The van der Waals surface area contributed by atoms with Gasteiger partial charge in [-0.25, -0.2) is 0 Å². The largest absolute Gasteiger partial charge is 0.495 e. The molecule has 1 heterocycles. The third kappa shape index (κ3) is 1.88. The second-order valence-electron chi connectivity index (χ2n) is 4.18. The first kappa shape index (κ1) is 12.3. The number of aromatic nitrogens is 2. The number of anilines is 3. The number of aryl methyl sites for hydroxylation is 2. The average Bonchev–Trinajstić information content (AvgIpc) is 2.62. The topological polar surface area (TPSA) is 56.3 Å². The summed E-state index contributed by atoms with van der Waals surface area (Å²) < 4.78 is 7.14. The van der Waals surface area contributed by atoms with Crippen LogP contribution in [0.1, 0.15) is 5.69 Å². The van der Waals surface area contributed by atoms with E-state index in [1.54, 1.807) is 11.8 Å². The van der Waals surface area contributed by atoms with Crippen LogP contribution in [0.5, 0.6) is 5.75 Å². The SMILES string of the molecule is COc1ccccc1N(C)c1c(N)c(C)nn1C. The Morgan fingerprint density at radius 2 is 2.00 bits per heavy atom. The zero-order valence-electron chi connectivity index (χ0n) is 11.1. The Labute approximate surface area is 107 Å². The van der Waals surface area contributed by atoms with Gasteiger partial charge in [-0.05, 0) is 19.1 Å². The van der Waals surface area contributed by atoms with Crippen LogP contribution in [0.25, 0.3) is 0 Å². The van der Waals surface area contributed by atoms with Crippen molar-refractivity contribution in [3.8, 4) is 5.75 Å². The molecule has 0 saturated heterocycles. The van der Waals surface area contributed by atoms with Gasteiger partial charge in [-0.2, -0.15) is 5.10 Å². The van der Waals surface area contributed by atoms with Crippen LogP contribution in [0.15, 0.2) is 24.3 Å². The molecule has 0 spiro atoms. The summed E-state index contributed by atoms with van der Waals surface area (Å²) in [6, 6.07) is 7.81. The number of ether oxygens (including phenoxy) is 1. The lowest BCUT2D eigenvalue weighted by molar-refractivity contribution is 0.415. The lowest BCUT2D eigenvalue weighted by Crippen LogP contribution is -2.15. The van der Waals surface area contributed by atoms with Gasteiger partial charge in [0.25, 0.3) is 0 Å². The van der Waals surface area contributed by atoms with E-state index in [9.17, 15) is 0 Å². The fraction of sp³-hybridized carbons (Fsp3) is 0.308. The Kier molecular flexibility index (Phi) is 3.14. The molecule has 18 heavy (non-hydrogen) atoms. The van der Waals surface area contributed by atoms with E-state index in [1.165, 1.54) is 0 Å². The van der Waals surface area contributed by atoms with Crippen molar-refractivity contribution in [3.63, 3.8) is 0 Å². The van der Waals surface area contributed by atoms with E-state index in [2.05, 4.69) is 5.10 Å². The highest BCUT2D eigenvalue weighted by atomic mass is 16.5. The number of methoxy groups -OCH3 is 1. The quantitative estimate of drug-likeness (QED) is 0.901. The third-order valence-corrected chi connectivity index (χ3v) is 3.00. The molecule has 1 aromatic heterocycles. The fourth-order valence-electron chi connectivity index (χ4n) is 2.08. The Bertz CT molecular complexity index is 562. The highest BCUT2D eigenvalue weighted by Crippen LogP contribution is 2.35. The summed E-state index contributed by atoms with van der Waals surface area (Å²) in [6.07, 6.45) is 0. The summed E-state index contributed by atoms with van der Waals surface area (Å²) in [4.78, 5) is 1.98. The molecule has 0 saturated carbocycles. The molecule has 0 bridgehead atoms. The number of nitrogen functional groups attached to an aromatic ring is 1. The molecule has 5 heteroatoms. The summed E-state index contributed by atoms with van der Waals surface area (Å²) in [5.74, 6) is 1.66. The van der Waals surface area contributed by atoms with Crippen molar-refractivity contribution in [3.05, 3.63) is 30.0 Å². The summed E-state index contributed by atoms with van der Waals surface area (Å²) >= 11 is 0. The molecule has 5 nitrogen and oxygen atoms in total. The third-order valence-electron chi connectivity index (χ3n) is 3.00. The van der Waals surface area contributed by atoms with Crippen molar-refractivity contribution in [2.45, 2.75) is 6.92 Å². The van der Waals surface area contributed by atoms with E-state index in [-0.39, 0.29) is 0 Å². The predicted octanol–water partition coefficient (Wildman–Crippen LogP) is 2.09. The van der Waals surface area contributed by atoms with Gasteiger partial charge in [0.15, 0.2) is 5.82 Å². The smallest absolute Gasteiger partial charge is 0.154 e. The highest BCUT2D eigenvalue weighted by Gasteiger charge is 2.17. The van der Waals surface area contributed by atoms with Gasteiger partial charge in [0.2, 0.25) is 0 Å². The van der Waals surface area contributed by atoms with Crippen molar-refractivity contribution < 1.29 is 4.74 Å². The lowest BCUT2D eigenvalue weighted by Gasteiger charge is -2.22. The molecular weight excluding hydrogens is 228 g/mol. The summed E-state index contributed by atoms with van der Waals surface area (Å²) in [7, 11) is 5.49. The zero-order valence-corrected chi connectivity index (χ0v) is 11.1. The predicted molar refractivity (Wildman–Crippen MR) is 73.4 cm³/mol. The van der Waals surface area contributed by atoms with E-state index < -0.39 is 0 Å². The van der Waals surface area contributed by atoms with Crippen molar-refractivity contribution in [2.24, 2.45) is 7.05 Å². The van der Waals surface area contributed by atoms with E-state index >= 15 is 0 Å². The van der Waals surface area contributed by atoms with Crippen LogP contribution in [-0.2, 0) is 7.05 Å². The van der Waals surface area contributed by atoms with Gasteiger partial charge in [0.05, 0.1) is 24.2 Å². The van der Waals surface area contributed by atoms with Gasteiger partial charge in [0.1, 0.15) is 5.75 Å². The molecule has 96 valence electrons. The minimum absolute atomic E-state index is 0.686. The number of benzene rings is 1. The van der Waals surface area contributed by atoms with Gasteiger partial charge in [-0.15, -0.1) is 0 Å². The molecule has 0 atom stereocenters. The van der Waals surface area contributed by atoms with Crippen molar-refractivity contribution in [2.75, 3.05) is 24.8 Å². The number of rotatable bonds is 3. The molecule has 0 aliphatic rings. The van der Waals surface area contributed by atoms with Crippen molar-refractivity contribution >= 4 is 17.2 Å². The molecule has 0 radical (unpaired) electrons. The molecule has 0 amide bonds. The maximum absolute atomic E-state index is 6.07. The number of para-hydroxylation sites is 2. The minimum Gasteiger partial charge on any atom is -0.495 e. The van der Waals surface area contributed by atoms with Crippen LogP contribution in [-0.4, -0.2) is 23.9 Å². The van der Waals surface area contributed by atoms with Crippen LogP contribution in [0, 0.1) is 6.92 Å². The van der Waals surface area contributed by atoms with Crippen LogP contribution >= 0.6 is 0 Å². The second-order valence-corrected chi connectivity index (χ2v) is 4.18. The summed E-state index contributed by atoms with van der Waals surface area (Å²) in [5, 5.41) is 4.32. The van der Waals surface area contributed by atoms with E-state index in [0.717, 1.165) is 22.9 Å². The molecule has 2 aromatic rings. The van der Waals surface area contributed by atoms with Crippen LogP contribution in [0.3, 0.4) is 0 Å². The maximum atomic E-state index is 6.07. The van der Waals surface area contributed by atoms with Crippen LogP contribution in [0.2, 0.25) is 0 Å². The Hall–Kier alpha value is -2.17. The number of nitrogens with zero attached hydrogens (tertiary/aromatic N) is 3. The second kappa shape index (κ2) is 4.60. The summed E-state index contributed by atoms with van der Waals surface area (Å²) in [6.45, 7) is 1.90. The molecule has 2 N–H and O–H groups in total. The van der Waals surface area contributed by atoms with Gasteiger partial charge in [0, 0.05) is 14.1 Å². The maximum Gasteiger partial charge on any atom is 0.154 e. The Morgan fingerprint density at radius 1 is 1.33 bits per heavy atom. The zero-order chi connectivity index (χ0) is 13.3. The molecule has 0 aliphatic carbocycles. The molecular formula is C13H18N4O. The molecule has 2 rings (SSSR count). The van der Waals surface area contributed by atoms with E-state index in [0.29, 0.717) is 5.69 Å². The molecule has 0 unspecified atom stereocenters. The molecule has 1 aromatic carbocycles. The Balaban J connectivity index is 2.51. The molecule has 0 aliphatic heterocycles. The minimum atomic E-state index is 0.686. The van der Waals surface area contributed by atoms with E-state index in [4.69, 9.17) is 10.5 Å².